The Kier molecular flexibility index (Phi) is 7.03. The maximum Gasteiger partial charge on any atom is 0.0541 e. The predicted molar refractivity (Wildman–Crippen MR) is 220 cm³/mol. The van der Waals surface area contributed by atoms with Crippen LogP contribution in [0.4, 0.5) is 0 Å². The molecule has 0 bridgehead atoms. The molecule has 9 aromatic rings. The molecule has 1 aliphatic rings. The number of hydrogen-bond acceptors (Lipinski definition) is 0. The van der Waals surface area contributed by atoms with E-state index in [1.54, 1.807) is 0 Å². The molecule has 0 spiro atoms. The average Bonchev–Trinajstić information content (AvgIpc) is 3.52. The molecule has 8 aromatic carbocycles. The number of rotatable bonds is 4. The highest BCUT2D eigenvalue weighted by Crippen LogP contribution is 2.50. The molecule has 248 valence electrons. The summed E-state index contributed by atoms with van der Waals surface area (Å²) in [5.74, 6) is 0.101. The van der Waals surface area contributed by atoms with E-state index >= 15 is 0 Å². The van der Waals surface area contributed by atoms with Crippen molar-refractivity contribution >= 4 is 44.2 Å². The second-order valence-corrected chi connectivity index (χ2v) is 15.1. The molecule has 0 amide bonds. The van der Waals surface area contributed by atoms with Gasteiger partial charge in [-0.15, -0.1) is 0 Å². The van der Waals surface area contributed by atoms with E-state index in [1.165, 1.54) is 77.3 Å². The number of fused-ring (bicyclic) bond motifs is 6. The Morgan fingerprint density at radius 1 is 0.481 bits per heavy atom. The minimum atomic E-state index is -0.0953. The van der Waals surface area contributed by atoms with Crippen molar-refractivity contribution in [3.63, 3.8) is 0 Å². The van der Waals surface area contributed by atoms with Crippen LogP contribution in [0.1, 0.15) is 47.6 Å². The molecule has 0 radical (unpaired) electrons. The van der Waals surface area contributed by atoms with Crippen molar-refractivity contribution in [2.75, 3.05) is 0 Å². The summed E-state index contributed by atoms with van der Waals surface area (Å²) in [6.07, 6.45) is 0. The Morgan fingerprint density at radius 2 is 1.08 bits per heavy atom. The van der Waals surface area contributed by atoms with E-state index in [0.717, 1.165) is 16.1 Å². The number of halogens is 1. The summed E-state index contributed by atoms with van der Waals surface area (Å²) >= 11 is 6.52. The van der Waals surface area contributed by atoms with Crippen LogP contribution in [0.2, 0.25) is 5.02 Å². The van der Waals surface area contributed by atoms with Crippen molar-refractivity contribution in [3.8, 4) is 27.9 Å². The van der Waals surface area contributed by atoms with Gasteiger partial charge in [0.05, 0.1) is 16.7 Å². The van der Waals surface area contributed by atoms with Gasteiger partial charge in [0.25, 0.3) is 0 Å². The van der Waals surface area contributed by atoms with Crippen LogP contribution in [0.3, 0.4) is 0 Å². The van der Waals surface area contributed by atoms with E-state index in [1.807, 2.05) is 6.07 Å². The van der Waals surface area contributed by atoms with Gasteiger partial charge in [-0.2, -0.15) is 0 Å². The van der Waals surface area contributed by atoms with E-state index in [2.05, 4.69) is 188 Å². The molecule has 1 heterocycles. The average molecular weight is 686 g/mol. The molecule has 52 heavy (non-hydrogen) atoms. The number of aromatic nitrogens is 1. The van der Waals surface area contributed by atoms with Crippen LogP contribution < -0.4 is 0 Å². The third-order valence-corrected chi connectivity index (χ3v) is 11.6. The Balaban J connectivity index is 1.27. The van der Waals surface area contributed by atoms with Crippen molar-refractivity contribution in [2.24, 2.45) is 0 Å². The zero-order valence-electron chi connectivity index (χ0n) is 29.1. The van der Waals surface area contributed by atoms with Crippen LogP contribution >= 0.6 is 11.6 Å². The SMILES string of the molecule is CC1(C)c2ccccc2C(c2ccc(-c3ccc4ccc(Cl)cc4c3)c(-c3ccccc3-n3c4ccccc4c4ccccc43)c2)c2ccccc21. The number of nitrogens with zero attached hydrogens (tertiary/aromatic N) is 1. The molecule has 1 nitrogen and oxygen atoms in total. The lowest BCUT2D eigenvalue weighted by molar-refractivity contribution is 0.597. The zero-order chi connectivity index (χ0) is 35.0. The van der Waals surface area contributed by atoms with Gasteiger partial charge in [0, 0.05) is 32.7 Å². The number of benzene rings is 8. The predicted octanol–water partition coefficient (Wildman–Crippen LogP) is 13.7. The van der Waals surface area contributed by atoms with Crippen LogP contribution in [-0.4, -0.2) is 4.57 Å². The first-order chi connectivity index (χ1) is 25.5. The summed E-state index contributed by atoms with van der Waals surface area (Å²) in [5.41, 5.74) is 15.0. The van der Waals surface area contributed by atoms with Crippen LogP contribution in [0, 0.1) is 0 Å². The highest BCUT2D eigenvalue weighted by molar-refractivity contribution is 6.31. The first-order valence-corrected chi connectivity index (χ1v) is 18.5. The second kappa shape index (κ2) is 11.8. The molecule has 0 saturated heterocycles. The fraction of sp³-hybridized carbons (Fsp3) is 0.0800. The highest BCUT2D eigenvalue weighted by atomic mass is 35.5. The van der Waals surface area contributed by atoms with Gasteiger partial charge < -0.3 is 4.57 Å². The Hall–Kier alpha value is -5.89. The van der Waals surface area contributed by atoms with Gasteiger partial charge in [-0.1, -0.05) is 159 Å². The van der Waals surface area contributed by atoms with Gasteiger partial charge >= 0.3 is 0 Å². The van der Waals surface area contributed by atoms with Crippen molar-refractivity contribution in [1.82, 2.24) is 4.57 Å². The largest absolute Gasteiger partial charge is 0.309 e. The van der Waals surface area contributed by atoms with Crippen molar-refractivity contribution < 1.29 is 0 Å². The van der Waals surface area contributed by atoms with Gasteiger partial charge in [0.15, 0.2) is 0 Å². The summed E-state index contributed by atoms with van der Waals surface area (Å²) < 4.78 is 2.45. The monoisotopic (exact) mass is 685 g/mol. The normalized spacial score (nSPS) is 13.8. The maximum absolute atomic E-state index is 6.52. The summed E-state index contributed by atoms with van der Waals surface area (Å²) in [5, 5.41) is 5.57. The van der Waals surface area contributed by atoms with Crippen molar-refractivity contribution in [2.45, 2.75) is 25.2 Å². The van der Waals surface area contributed by atoms with Gasteiger partial charge in [0.2, 0.25) is 0 Å². The molecule has 1 aromatic heterocycles. The highest BCUT2D eigenvalue weighted by Gasteiger charge is 2.37. The standard InChI is InChI=1S/C50H36ClN/c1-50(2)44-18-8-3-16-41(44)49(42-17-4-9-19-45(42)50)34-26-28-37(33-24-23-32-25-27-36(51)30-35(32)29-33)43(31-34)40-15-7-12-22-48(40)52-46-20-10-5-13-38(46)39-14-6-11-21-47(39)52/h3-31,49H,1-2H3. The minimum absolute atomic E-state index is 0.0953. The Labute approximate surface area is 309 Å². The number of hydrogen-bond donors (Lipinski definition) is 0. The van der Waals surface area contributed by atoms with Crippen molar-refractivity contribution in [3.05, 3.63) is 209 Å². The third-order valence-electron chi connectivity index (χ3n) is 11.4. The minimum Gasteiger partial charge on any atom is -0.309 e. The summed E-state index contributed by atoms with van der Waals surface area (Å²) in [7, 11) is 0. The van der Waals surface area contributed by atoms with E-state index < -0.39 is 0 Å². The van der Waals surface area contributed by atoms with E-state index in [9.17, 15) is 0 Å². The van der Waals surface area contributed by atoms with Gasteiger partial charge in [-0.3, -0.25) is 0 Å². The number of para-hydroxylation sites is 3. The quantitative estimate of drug-likeness (QED) is 0.174. The summed E-state index contributed by atoms with van der Waals surface area (Å²) in [4.78, 5) is 0. The van der Waals surface area contributed by atoms with E-state index in [4.69, 9.17) is 11.6 Å². The lowest BCUT2D eigenvalue weighted by Gasteiger charge is -2.40. The fourth-order valence-electron chi connectivity index (χ4n) is 8.99. The summed E-state index contributed by atoms with van der Waals surface area (Å²) in [6, 6.07) is 64.6. The van der Waals surface area contributed by atoms with Crippen LogP contribution in [0.15, 0.2) is 176 Å². The molecule has 2 heteroatoms. The maximum atomic E-state index is 6.52. The van der Waals surface area contributed by atoms with Crippen LogP contribution in [0.25, 0.3) is 60.5 Å². The lowest BCUT2D eigenvalue weighted by atomic mass is 9.64. The molecule has 1 aliphatic carbocycles. The van der Waals surface area contributed by atoms with Crippen molar-refractivity contribution in [1.29, 1.82) is 0 Å². The Bertz CT molecular complexity index is 2750. The second-order valence-electron chi connectivity index (χ2n) is 14.6. The molecule has 10 rings (SSSR count). The lowest BCUT2D eigenvalue weighted by Crippen LogP contribution is -2.29. The van der Waals surface area contributed by atoms with E-state index in [-0.39, 0.29) is 11.3 Å². The first-order valence-electron chi connectivity index (χ1n) is 18.1. The first kappa shape index (κ1) is 30.9. The van der Waals surface area contributed by atoms with Crippen LogP contribution in [0.5, 0.6) is 0 Å². The van der Waals surface area contributed by atoms with Gasteiger partial charge in [-0.25, -0.2) is 0 Å². The smallest absolute Gasteiger partial charge is 0.0541 e. The fourth-order valence-corrected chi connectivity index (χ4v) is 9.17. The zero-order valence-corrected chi connectivity index (χ0v) is 29.9. The van der Waals surface area contributed by atoms with E-state index in [0.29, 0.717) is 0 Å². The molecular formula is C50H36ClN. The molecule has 0 unspecified atom stereocenters. The van der Waals surface area contributed by atoms with Crippen LogP contribution in [-0.2, 0) is 5.41 Å². The topological polar surface area (TPSA) is 4.93 Å². The molecule has 0 fully saturated rings. The molecular weight excluding hydrogens is 650 g/mol. The molecule has 0 saturated carbocycles. The van der Waals surface area contributed by atoms with Gasteiger partial charge in [0.1, 0.15) is 0 Å². The van der Waals surface area contributed by atoms with Gasteiger partial charge in [-0.05, 0) is 97.7 Å². The Morgan fingerprint density at radius 3 is 1.79 bits per heavy atom. The summed E-state index contributed by atoms with van der Waals surface area (Å²) in [6.45, 7) is 4.73. The molecule has 0 N–H and O–H groups in total. The molecule has 0 aliphatic heterocycles. The third kappa shape index (κ3) is 4.70. The molecule has 0 atom stereocenters.